The number of aromatic hydroxyl groups is 4. The number of hydrogen-bond acceptors (Lipinski definition) is 9. The van der Waals surface area contributed by atoms with Crippen LogP contribution in [0.5, 0.6) is 23.0 Å². The number of nitrogens with two attached hydrogens (primary N) is 2. The van der Waals surface area contributed by atoms with Crippen molar-refractivity contribution in [2.75, 3.05) is 6.54 Å². The first-order valence-corrected chi connectivity index (χ1v) is 11.6. The third kappa shape index (κ3) is 8.75. The number of hydrogen-bond donors (Lipinski definition) is 8. The maximum Gasteiger partial charge on any atom is 0.237 e. The normalized spacial score (nSPS) is 13.4. The van der Waals surface area contributed by atoms with Crippen LogP contribution < -0.4 is 22.1 Å². The molecule has 0 spiro atoms. The number of unbranched alkanes of at least 4 members (excludes halogenated alkanes) is 1. The Morgan fingerprint density at radius 2 is 1.28 bits per heavy atom. The SMILES string of the molecule is CC(=O)[C@H](CCCCNC(=O)[C@@H](N)Cc1ccc(O)c(O)c1)NC(=O)[C@@H](N)Cc1ccc(O)c(O)c1. The van der Waals surface area contributed by atoms with Gasteiger partial charge in [0.25, 0.3) is 0 Å². The first kappa shape index (κ1) is 28.4. The summed E-state index contributed by atoms with van der Waals surface area (Å²) in [6.45, 7) is 1.70. The van der Waals surface area contributed by atoms with Crippen molar-refractivity contribution in [3.05, 3.63) is 47.5 Å². The highest BCUT2D eigenvalue weighted by Crippen LogP contribution is 2.26. The van der Waals surface area contributed by atoms with E-state index in [0.29, 0.717) is 36.9 Å². The summed E-state index contributed by atoms with van der Waals surface area (Å²) in [5.41, 5.74) is 13.0. The fourth-order valence-electron chi connectivity index (χ4n) is 3.56. The molecule has 10 N–H and O–H groups in total. The molecule has 2 aromatic carbocycles. The average molecular weight is 503 g/mol. The van der Waals surface area contributed by atoms with Crippen LogP contribution in [0.2, 0.25) is 0 Å². The molecule has 0 radical (unpaired) electrons. The van der Waals surface area contributed by atoms with Crippen molar-refractivity contribution in [3.8, 4) is 23.0 Å². The molecule has 2 rings (SSSR count). The molecule has 0 unspecified atom stereocenters. The molecule has 0 aliphatic rings. The van der Waals surface area contributed by atoms with Crippen LogP contribution in [0.4, 0.5) is 0 Å². The number of phenols is 4. The van der Waals surface area contributed by atoms with Crippen molar-refractivity contribution in [1.82, 2.24) is 10.6 Å². The van der Waals surface area contributed by atoms with Crippen molar-refractivity contribution >= 4 is 17.6 Å². The fraction of sp³-hybridized carbons (Fsp3) is 0.400. The van der Waals surface area contributed by atoms with E-state index >= 15 is 0 Å². The van der Waals surface area contributed by atoms with E-state index in [4.69, 9.17) is 11.5 Å². The Balaban J connectivity index is 1.73. The van der Waals surface area contributed by atoms with Gasteiger partial charge in [-0.25, -0.2) is 0 Å². The molecule has 0 saturated carbocycles. The molecule has 3 atom stereocenters. The molecular formula is C25H34N4O7. The summed E-state index contributed by atoms with van der Waals surface area (Å²) < 4.78 is 0. The van der Waals surface area contributed by atoms with Crippen LogP contribution in [0.3, 0.4) is 0 Å². The van der Waals surface area contributed by atoms with Crippen LogP contribution >= 0.6 is 0 Å². The van der Waals surface area contributed by atoms with Gasteiger partial charge in [-0.1, -0.05) is 12.1 Å². The topological polar surface area (TPSA) is 208 Å². The largest absolute Gasteiger partial charge is 0.504 e. The highest BCUT2D eigenvalue weighted by atomic mass is 16.3. The minimum atomic E-state index is -0.952. The number of amides is 2. The Bertz CT molecular complexity index is 1080. The van der Waals surface area contributed by atoms with Crippen LogP contribution in [0.15, 0.2) is 36.4 Å². The van der Waals surface area contributed by atoms with Crippen LogP contribution in [-0.2, 0) is 27.2 Å². The number of carbonyl (C=O) groups excluding carboxylic acids is 3. The molecule has 196 valence electrons. The lowest BCUT2D eigenvalue weighted by molar-refractivity contribution is -0.127. The standard InChI is InChI=1S/C25H34N4O7/c1-14(30)19(29-25(36)18(27)11-16-6-8-21(32)23(34)13-16)4-2-3-9-28-24(35)17(26)10-15-5-7-20(31)22(33)12-15/h5-8,12-13,17-19,31-34H,2-4,9-11,26-27H2,1H3,(H,28,35)(H,29,36)/t17-,18-,19-/m0/s1. The van der Waals surface area contributed by atoms with Crippen molar-refractivity contribution in [2.45, 2.75) is 57.2 Å². The Kier molecular flexibility index (Phi) is 10.5. The summed E-state index contributed by atoms with van der Waals surface area (Å²) in [7, 11) is 0. The summed E-state index contributed by atoms with van der Waals surface area (Å²) in [4.78, 5) is 36.7. The second-order valence-corrected chi connectivity index (χ2v) is 8.73. The minimum Gasteiger partial charge on any atom is -0.504 e. The second kappa shape index (κ2) is 13.3. The predicted molar refractivity (Wildman–Crippen MR) is 132 cm³/mol. The lowest BCUT2D eigenvalue weighted by atomic mass is 10.0. The molecule has 2 aromatic rings. The Labute approximate surface area is 209 Å². The number of benzene rings is 2. The van der Waals surface area contributed by atoms with Gasteiger partial charge in [0.05, 0.1) is 18.1 Å². The van der Waals surface area contributed by atoms with Gasteiger partial charge in [0.2, 0.25) is 11.8 Å². The van der Waals surface area contributed by atoms with E-state index in [1.807, 2.05) is 0 Å². The first-order chi connectivity index (χ1) is 17.0. The fourth-order valence-corrected chi connectivity index (χ4v) is 3.56. The van der Waals surface area contributed by atoms with E-state index in [0.717, 1.165) is 0 Å². The van der Waals surface area contributed by atoms with E-state index in [1.165, 1.54) is 31.2 Å². The number of ketones is 1. The Hall–Kier alpha value is -3.83. The number of carbonyl (C=O) groups is 3. The van der Waals surface area contributed by atoms with Gasteiger partial charge in [0, 0.05) is 6.54 Å². The van der Waals surface area contributed by atoms with Crippen molar-refractivity contribution in [1.29, 1.82) is 0 Å². The first-order valence-electron chi connectivity index (χ1n) is 11.6. The molecule has 11 nitrogen and oxygen atoms in total. The highest BCUT2D eigenvalue weighted by molar-refractivity contribution is 5.89. The smallest absolute Gasteiger partial charge is 0.237 e. The Morgan fingerprint density at radius 3 is 1.75 bits per heavy atom. The van der Waals surface area contributed by atoms with E-state index in [9.17, 15) is 34.8 Å². The lowest BCUT2D eigenvalue weighted by Gasteiger charge is -2.19. The molecule has 0 aliphatic heterocycles. The molecule has 11 heteroatoms. The van der Waals surface area contributed by atoms with E-state index in [-0.39, 0.29) is 47.5 Å². The van der Waals surface area contributed by atoms with E-state index in [1.54, 1.807) is 12.1 Å². The summed E-state index contributed by atoms with van der Waals surface area (Å²) in [6, 6.07) is 5.89. The van der Waals surface area contributed by atoms with Crippen LogP contribution in [0.25, 0.3) is 0 Å². The lowest BCUT2D eigenvalue weighted by Crippen LogP contribution is -2.48. The molecule has 0 bridgehead atoms. The number of rotatable bonds is 13. The summed E-state index contributed by atoms with van der Waals surface area (Å²) in [6.07, 6.45) is 1.76. The zero-order chi connectivity index (χ0) is 26.8. The van der Waals surface area contributed by atoms with Crippen molar-refractivity contribution in [2.24, 2.45) is 11.5 Å². The average Bonchev–Trinajstić information content (AvgIpc) is 2.82. The van der Waals surface area contributed by atoms with Crippen LogP contribution in [0.1, 0.15) is 37.3 Å². The minimum absolute atomic E-state index is 0.111. The Morgan fingerprint density at radius 1 is 0.778 bits per heavy atom. The van der Waals surface area contributed by atoms with Crippen molar-refractivity contribution in [3.63, 3.8) is 0 Å². The van der Waals surface area contributed by atoms with E-state index < -0.39 is 24.0 Å². The molecule has 0 saturated heterocycles. The maximum atomic E-state index is 12.5. The zero-order valence-corrected chi connectivity index (χ0v) is 20.1. The summed E-state index contributed by atoms with van der Waals surface area (Å²) in [5, 5.41) is 43.2. The number of nitrogens with one attached hydrogen (secondary N) is 2. The van der Waals surface area contributed by atoms with Crippen LogP contribution in [-0.4, -0.2) is 62.7 Å². The van der Waals surface area contributed by atoms with Gasteiger partial charge in [-0.15, -0.1) is 0 Å². The van der Waals surface area contributed by atoms with Gasteiger partial charge >= 0.3 is 0 Å². The van der Waals surface area contributed by atoms with Gasteiger partial charge in [0.15, 0.2) is 28.8 Å². The molecular weight excluding hydrogens is 468 g/mol. The van der Waals surface area contributed by atoms with Gasteiger partial charge in [-0.3, -0.25) is 14.4 Å². The van der Waals surface area contributed by atoms with E-state index in [2.05, 4.69) is 10.6 Å². The second-order valence-electron chi connectivity index (χ2n) is 8.73. The molecule has 0 heterocycles. The van der Waals surface area contributed by atoms with Gasteiger partial charge in [-0.05, 0) is 74.4 Å². The zero-order valence-electron chi connectivity index (χ0n) is 20.1. The summed E-state index contributed by atoms with van der Waals surface area (Å²) in [5.74, 6) is -2.23. The number of Topliss-reactive ketones (excluding diaryl/α,β-unsaturated/α-hetero) is 1. The van der Waals surface area contributed by atoms with Gasteiger partial charge < -0.3 is 42.5 Å². The van der Waals surface area contributed by atoms with Gasteiger partial charge in [0.1, 0.15) is 0 Å². The highest BCUT2D eigenvalue weighted by Gasteiger charge is 2.22. The summed E-state index contributed by atoms with van der Waals surface area (Å²) >= 11 is 0. The molecule has 2 amide bonds. The maximum absolute atomic E-state index is 12.5. The van der Waals surface area contributed by atoms with Crippen LogP contribution in [0, 0.1) is 0 Å². The molecule has 0 fully saturated rings. The van der Waals surface area contributed by atoms with Gasteiger partial charge in [-0.2, -0.15) is 0 Å². The third-order valence-corrected chi connectivity index (χ3v) is 5.69. The third-order valence-electron chi connectivity index (χ3n) is 5.69. The van der Waals surface area contributed by atoms with Crippen molar-refractivity contribution < 1.29 is 34.8 Å². The monoisotopic (exact) mass is 502 g/mol. The number of phenolic OH excluding ortho intramolecular Hbond substituents is 4. The quantitative estimate of drug-likeness (QED) is 0.140. The molecule has 0 aromatic heterocycles. The molecule has 0 aliphatic carbocycles. The predicted octanol–water partition coefficient (Wildman–Crippen LogP) is 0.309. The molecule has 36 heavy (non-hydrogen) atoms.